The molecule has 4 unspecified atom stereocenters. The molecule has 2 rings (SSSR count). The van der Waals surface area contributed by atoms with Gasteiger partial charge in [0.1, 0.15) is 0 Å². The summed E-state index contributed by atoms with van der Waals surface area (Å²) in [6.07, 6.45) is 2.42. The summed E-state index contributed by atoms with van der Waals surface area (Å²) in [5.41, 5.74) is 6.41. The number of nitrogens with two attached hydrogens (primary N) is 1. The highest BCUT2D eigenvalue weighted by Crippen LogP contribution is 2.37. The van der Waals surface area contributed by atoms with Crippen molar-refractivity contribution in [3.63, 3.8) is 0 Å². The number of hydrogen-bond acceptors (Lipinski definition) is 4. The first-order valence-electron chi connectivity index (χ1n) is 5.89. The lowest BCUT2D eigenvalue weighted by atomic mass is 9.94. The highest BCUT2D eigenvalue weighted by atomic mass is 32.2. The minimum atomic E-state index is 0.343. The maximum Gasteiger partial charge on any atom is 0.0510 e. The molecule has 0 aromatic rings. The Morgan fingerprint density at radius 1 is 1.40 bits per heavy atom. The lowest BCUT2D eigenvalue weighted by Gasteiger charge is -2.36. The second-order valence-corrected chi connectivity index (χ2v) is 6.99. The molecule has 2 fully saturated rings. The summed E-state index contributed by atoms with van der Waals surface area (Å²) >= 11 is 4.21. The number of thioether (sulfide) groups is 2. The van der Waals surface area contributed by atoms with Crippen LogP contribution in [0, 0.1) is 5.92 Å². The van der Waals surface area contributed by atoms with Crippen molar-refractivity contribution in [2.24, 2.45) is 11.7 Å². The van der Waals surface area contributed by atoms with Crippen molar-refractivity contribution in [2.45, 2.75) is 36.3 Å². The van der Waals surface area contributed by atoms with Crippen LogP contribution in [-0.2, 0) is 4.74 Å². The van der Waals surface area contributed by atoms with E-state index in [9.17, 15) is 0 Å². The summed E-state index contributed by atoms with van der Waals surface area (Å²) < 4.78 is 5.44. The Bertz CT molecular complexity index is 197. The van der Waals surface area contributed by atoms with Gasteiger partial charge in [-0.2, -0.15) is 23.5 Å². The van der Waals surface area contributed by atoms with E-state index in [1.54, 1.807) is 0 Å². The zero-order chi connectivity index (χ0) is 10.7. The highest BCUT2D eigenvalue weighted by Gasteiger charge is 2.35. The van der Waals surface area contributed by atoms with Gasteiger partial charge in [0.25, 0.3) is 0 Å². The molecule has 0 aromatic heterocycles. The van der Waals surface area contributed by atoms with Crippen LogP contribution in [-0.4, -0.2) is 41.3 Å². The first-order valence-corrected chi connectivity index (χ1v) is 7.99. The van der Waals surface area contributed by atoms with Crippen molar-refractivity contribution in [3.8, 4) is 0 Å². The summed E-state index contributed by atoms with van der Waals surface area (Å²) in [4.78, 5) is 0. The molecule has 0 aliphatic carbocycles. The van der Waals surface area contributed by atoms with Crippen LogP contribution in [0.5, 0.6) is 0 Å². The van der Waals surface area contributed by atoms with Crippen molar-refractivity contribution in [1.29, 1.82) is 0 Å². The van der Waals surface area contributed by atoms with E-state index < -0.39 is 0 Å². The van der Waals surface area contributed by atoms with Crippen molar-refractivity contribution >= 4 is 23.5 Å². The van der Waals surface area contributed by atoms with E-state index in [0.717, 1.165) is 18.5 Å². The zero-order valence-corrected chi connectivity index (χ0v) is 11.0. The summed E-state index contributed by atoms with van der Waals surface area (Å²) in [7, 11) is 0. The third-order valence-corrected chi connectivity index (χ3v) is 6.78. The molecule has 0 spiro atoms. The molecule has 0 aromatic carbocycles. The van der Waals surface area contributed by atoms with Gasteiger partial charge < -0.3 is 10.5 Å². The molecule has 0 bridgehead atoms. The van der Waals surface area contributed by atoms with E-state index in [0.29, 0.717) is 17.2 Å². The second kappa shape index (κ2) is 5.80. The number of rotatable bonds is 3. The lowest BCUT2D eigenvalue weighted by molar-refractivity contribution is 0.180. The van der Waals surface area contributed by atoms with Crippen LogP contribution in [0.1, 0.15) is 19.8 Å². The molecular formula is C11H21NOS2. The van der Waals surface area contributed by atoms with E-state index in [4.69, 9.17) is 10.5 Å². The average molecular weight is 247 g/mol. The molecule has 4 heteroatoms. The smallest absolute Gasteiger partial charge is 0.0510 e. The van der Waals surface area contributed by atoms with Gasteiger partial charge in [0.05, 0.1) is 6.61 Å². The van der Waals surface area contributed by atoms with E-state index in [2.05, 4.69) is 30.4 Å². The Hall–Kier alpha value is 0.620. The minimum absolute atomic E-state index is 0.343. The average Bonchev–Trinajstić information content (AvgIpc) is 2.81. The molecule has 88 valence electrons. The molecule has 2 aliphatic rings. The molecule has 2 saturated heterocycles. The quantitative estimate of drug-likeness (QED) is 0.827. The Balaban J connectivity index is 1.93. The van der Waals surface area contributed by atoms with Gasteiger partial charge in [0.15, 0.2) is 0 Å². The Morgan fingerprint density at radius 3 is 2.87 bits per heavy atom. The van der Waals surface area contributed by atoms with Crippen LogP contribution in [0.15, 0.2) is 0 Å². The van der Waals surface area contributed by atoms with E-state index in [1.165, 1.54) is 24.3 Å². The Morgan fingerprint density at radius 2 is 2.20 bits per heavy atom. The van der Waals surface area contributed by atoms with E-state index >= 15 is 0 Å². The monoisotopic (exact) mass is 247 g/mol. The predicted octanol–water partition coefficient (Wildman–Crippen LogP) is 1.98. The van der Waals surface area contributed by atoms with Crippen LogP contribution >= 0.6 is 23.5 Å². The molecule has 0 radical (unpaired) electrons. The van der Waals surface area contributed by atoms with Crippen molar-refractivity contribution < 1.29 is 4.74 Å². The van der Waals surface area contributed by atoms with Gasteiger partial charge in [-0.25, -0.2) is 0 Å². The molecule has 15 heavy (non-hydrogen) atoms. The van der Waals surface area contributed by atoms with Crippen molar-refractivity contribution in [2.75, 3.05) is 24.7 Å². The molecule has 2 aliphatic heterocycles. The second-order valence-electron chi connectivity index (χ2n) is 4.35. The van der Waals surface area contributed by atoms with E-state index in [1.807, 2.05) is 0 Å². The van der Waals surface area contributed by atoms with Gasteiger partial charge >= 0.3 is 0 Å². The van der Waals surface area contributed by atoms with Gasteiger partial charge in [-0.3, -0.25) is 0 Å². The van der Waals surface area contributed by atoms with Gasteiger partial charge in [-0.15, -0.1) is 0 Å². The molecule has 0 amide bonds. The standard InChI is InChI=1S/C11H21NOS2/c1-2-9-11(15-6-5-14-9)10(12)8-3-4-13-7-8/h8-11H,2-7,12H2,1H3. The largest absolute Gasteiger partial charge is 0.381 e. The maximum atomic E-state index is 6.41. The fourth-order valence-electron chi connectivity index (χ4n) is 2.42. The Kier molecular flexibility index (Phi) is 4.68. The van der Waals surface area contributed by atoms with Gasteiger partial charge in [-0.1, -0.05) is 6.92 Å². The zero-order valence-electron chi connectivity index (χ0n) is 9.35. The number of ether oxygens (including phenoxy) is 1. The fourth-order valence-corrected chi connectivity index (χ4v) is 5.69. The van der Waals surface area contributed by atoms with E-state index in [-0.39, 0.29) is 0 Å². The fraction of sp³-hybridized carbons (Fsp3) is 1.00. The summed E-state index contributed by atoms with van der Waals surface area (Å²) in [5.74, 6) is 3.18. The highest BCUT2D eigenvalue weighted by molar-refractivity contribution is 8.07. The van der Waals surface area contributed by atoms with Crippen molar-refractivity contribution in [1.82, 2.24) is 0 Å². The summed E-state index contributed by atoms with van der Waals surface area (Å²) in [5, 5.41) is 1.42. The predicted molar refractivity (Wildman–Crippen MR) is 69.7 cm³/mol. The number of hydrogen-bond donors (Lipinski definition) is 1. The summed E-state index contributed by atoms with van der Waals surface area (Å²) in [6, 6.07) is 0.343. The SMILES string of the molecule is CCC1SCCSC1C(N)C1CCOC1. The molecule has 4 atom stereocenters. The lowest BCUT2D eigenvalue weighted by Crippen LogP contribution is -2.46. The third-order valence-electron chi connectivity index (χ3n) is 3.38. The molecular weight excluding hydrogens is 226 g/mol. The van der Waals surface area contributed by atoms with Gasteiger partial charge in [0.2, 0.25) is 0 Å². The summed E-state index contributed by atoms with van der Waals surface area (Å²) in [6.45, 7) is 4.09. The van der Waals surface area contributed by atoms with Gasteiger partial charge in [-0.05, 0) is 12.8 Å². The molecule has 2 heterocycles. The first kappa shape index (κ1) is 12.1. The molecule has 2 nitrogen and oxygen atoms in total. The van der Waals surface area contributed by atoms with Crippen LogP contribution < -0.4 is 5.73 Å². The van der Waals surface area contributed by atoms with Crippen LogP contribution in [0.3, 0.4) is 0 Å². The topological polar surface area (TPSA) is 35.2 Å². The molecule has 2 N–H and O–H groups in total. The minimum Gasteiger partial charge on any atom is -0.381 e. The Labute approximate surface area is 101 Å². The van der Waals surface area contributed by atoms with Crippen LogP contribution in [0.2, 0.25) is 0 Å². The normalized spacial score (nSPS) is 39.2. The third kappa shape index (κ3) is 2.84. The van der Waals surface area contributed by atoms with Crippen molar-refractivity contribution in [3.05, 3.63) is 0 Å². The van der Waals surface area contributed by atoms with Crippen LogP contribution in [0.4, 0.5) is 0 Å². The maximum absolute atomic E-state index is 6.41. The first-order chi connectivity index (χ1) is 7.33. The molecule has 0 saturated carbocycles. The van der Waals surface area contributed by atoms with Gasteiger partial charge in [0, 0.05) is 40.6 Å². The van der Waals surface area contributed by atoms with Crippen LogP contribution in [0.25, 0.3) is 0 Å².